The minimum absolute atomic E-state index is 0.00431. The third-order valence-corrected chi connectivity index (χ3v) is 3.63. The Morgan fingerprint density at radius 1 is 1.45 bits per heavy atom. The summed E-state index contributed by atoms with van der Waals surface area (Å²) in [7, 11) is 1.67. The van der Waals surface area contributed by atoms with Gasteiger partial charge in [0.2, 0.25) is 0 Å². The lowest BCUT2D eigenvalue weighted by molar-refractivity contribution is -0.137. The summed E-state index contributed by atoms with van der Waals surface area (Å²) in [5.41, 5.74) is 0. The van der Waals surface area contributed by atoms with Crippen molar-refractivity contribution in [2.75, 3.05) is 33.4 Å². The number of carboxylic acid groups (broad SMARTS) is 1. The molecule has 20 heavy (non-hydrogen) atoms. The van der Waals surface area contributed by atoms with Crippen LogP contribution in [0.3, 0.4) is 0 Å². The van der Waals surface area contributed by atoms with Gasteiger partial charge in [-0.2, -0.15) is 0 Å². The lowest BCUT2D eigenvalue weighted by Gasteiger charge is -2.37. The molecule has 0 bridgehead atoms. The smallest absolute Gasteiger partial charge is 0.320 e. The monoisotopic (exact) mass is 286 g/mol. The Kier molecular flexibility index (Phi) is 6.78. The molecule has 0 aliphatic carbocycles. The molecule has 1 heterocycles. The molecule has 0 saturated carbocycles. The highest BCUT2D eigenvalue weighted by molar-refractivity contribution is 5.76. The number of carbonyl (C=O) groups excluding carboxylic acids is 1. The molecule has 0 spiro atoms. The Hall–Kier alpha value is -1.30. The number of carboxylic acids is 1. The van der Waals surface area contributed by atoms with E-state index in [0.717, 1.165) is 19.4 Å². The first-order valence-corrected chi connectivity index (χ1v) is 7.22. The van der Waals surface area contributed by atoms with Gasteiger partial charge in [-0.25, -0.2) is 4.79 Å². The number of likely N-dealkylation sites (tertiary alicyclic amines) is 1. The third-order valence-electron chi connectivity index (χ3n) is 3.63. The maximum atomic E-state index is 12.5. The quantitative estimate of drug-likeness (QED) is 0.806. The lowest BCUT2D eigenvalue weighted by Crippen LogP contribution is -2.50. The Morgan fingerprint density at radius 3 is 2.70 bits per heavy atom. The molecule has 0 aromatic carbocycles. The number of hydrogen-bond donors (Lipinski definition) is 1. The van der Waals surface area contributed by atoms with Crippen LogP contribution in [0, 0.1) is 5.92 Å². The average molecular weight is 286 g/mol. The van der Waals surface area contributed by atoms with E-state index in [2.05, 4.69) is 0 Å². The van der Waals surface area contributed by atoms with Crippen LogP contribution in [0.1, 0.15) is 33.1 Å². The second-order valence-corrected chi connectivity index (χ2v) is 5.62. The van der Waals surface area contributed by atoms with E-state index in [1.54, 1.807) is 12.0 Å². The normalized spacial score (nSPS) is 19.2. The first-order valence-electron chi connectivity index (χ1n) is 7.22. The molecule has 1 aliphatic rings. The van der Waals surface area contributed by atoms with E-state index in [4.69, 9.17) is 9.84 Å². The molecular weight excluding hydrogens is 260 g/mol. The predicted molar refractivity (Wildman–Crippen MR) is 75.7 cm³/mol. The van der Waals surface area contributed by atoms with Gasteiger partial charge in [-0.15, -0.1) is 0 Å². The Labute approximate surface area is 120 Å². The number of rotatable bonds is 6. The van der Waals surface area contributed by atoms with Gasteiger partial charge in [0.1, 0.15) is 0 Å². The van der Waals surface area contributed by atoms with Gasteiger partial charge in [0.05, 0.1) is 13.0 Å². The van der Waals surface area contributed by atoms with Crippen LogP contribution in [0.5, 0.6) is 0 Å². The number of ether oxygens (including phenoxy) is 1. The number of amides is 2. The van der Waals surface area contributed by atoms with Gasteiger partial charge in [0, 0.05) is 38.7 Å². The fourth-order valence-corrected chi connectivity index (χ4v) is 2.58. The van der Waals surface area contributed by atoms with Crippen molar-refractivity contribution in [1.82, 2.24) is 9.80 Å². The molecule has 116 valence electrons. The largest absolute Gasteiger partial charge is 0.481 e. The van der Waals surface area contributed by atoms with Gasteiger partial charge < -0.3 is 19.6 Å². The molecule has 1 atom stereocenters. The molecule has 0 aromatic heterocycles. The number of methoxy groups -OCH3 is 1. The first kappa shape index (κ1) is 16.8. The number of piperidine rings is 1. The van der Waals surface area contributed by atoms with Crippen molar-refractivity contribution < 1.29 is 19.4 Å². The Balaban J connectivity index is 2.61. The van der Waals surface area contributed by atoms with E-state index in [-0.39, 0.29) is 25.0 Å². The van der Waals surface area contributed by atoms with Crippen LogP contribution >= 0.6 is 0 Å². The molecule has 0 radical (unpaired) electrons. The maximum absolute atomic E-state index is 12.5. The molecule has 1 saturated heterocycles. The van der Waals surface area contributed by atoms with Crippen LogP contribution in [-0.2, 0) is 9.53 Å². The van der Waals surface area contributed by atoms with Crippen molar-refractivity contribution >= 4 is 12.0 Å². The van der Waals surface area contributed by atoms with Crippen LogP contribution < -0.4 is 0 Å². The number of aliphatic carboxylic acids is 1. The Morgan fingerprint density at radius 2 is 2.15 bits per heavy atom. The molecule has 2 amide bonds. The molecule has 1 fully saturated rings. The maximum Gasteiger partial charge on any atom is 0.320 e. The van der Waals surface area contributed by atoms with Crippen LogP contribution in [0.2, 0.25) is 0 Å². The molecule has 6 heteroatoms. The zero-order chi connectivity index (χ0) is 15.1. The van der Waals surface area contributed by atoms with E-state index < -0.39 is 5.97 Å². The highest BCUT2D eigenvalue weighted by atomic mass is 16.5. The second-order valence-electron chi connectivity index (χ2n) is 5.62. The third kappa shape index (κ3) is 5.00. The van der Waals surface area contributed by atoms with Gasteiger partial charge in [0.15, 0.2) is 0 Å². The van der Waals surface area contributed by atoms with Crippen molar-refractivity contribution in [1.29, 1.82) is 0 Å². The fraction of sp³-hybridized carbons (Fsp3) is 0.857. The van der Waals surface area contributed by atoms with E-state index >= 15 is 0 Å². The predicted octanol–water partition coefficient (Wildman–Crippen LogP) is 1.65. The number of nitrogens with zero attached hydrogens (tertiary/aromatic N) is 2. The fourth-order valence-electron chi connectivity index (χ4n) is 2.58. The van der Waals surface area contributed by atoms with Crippen molar-refractivity contribution in [3.8, 4) is 0 Å². The van der Waals surface area contributed by atoms with E-state index in [0.29, 0.717) is 19.1 Å². The molecule has 1 N–H and O–H groups in total. The van der Waals surface area contributed by atoms with Gasteiger partial charge >= 0.3 is 12.0 Å². The number of hydrogen-bond acceptors (Lipinski definition) is 3. The van der Waals surface area contributed by atoms with Gasteiger partial charge in [-0.1, -0.05) is 0 Å². The van der Waals surface area contributed by atoms with E-state index in [1.165, 1.54) is 0 Å². The van der Waals surface area contributed by atoms with Crippen LogP contribution in [0.25, 0.3) is 0 Å². The van der Waals surface area contributed by atoms with Crippen LogP contribution in [0.15, 0.2) is 0 Å². The molecule has 0 aromatic rings. The highest BCUT2D eigenvalue weighted by Gasteiger charge is 2.28. The zero-order valence-electron chi connectivity index (χ0n) is 12.7. The summed E-state index contributed by atoms with van der Waals surface area (Å²) < 4.78 is 5.17. The standard InChI is InChI=1S/C14H26N2O4/c1-11(2)16(8-6-13(17)18)14(19)15-7-4-5-12(9-15)10-20-3/h11-12H,4-10H2,1-3H3,(H,17,18). The van der Waals surface area contributed by atoms with Crippen LogP contribution in [-0.4, -0.2) is 66.3 Å². The topological polar surface area (TPSA) is 70.1 Å². The van der Waals surface area contributed by atoms with E-state index in [1.807, 2.05) is 18.7 Å². The van der Waals surface area contributed by atoms with Crippen molar-refractivity contribution in [2.24, 2.45) is 5.92 Å². The summed E-state index contributed by atoms with van der Waals surface area (Å²) in [6, 6.07) is -0.0493. The van der Waals surface area contributed by atoms with Crippen molar-refractivity contribution in [3.05, 3.63) is 0 Å². The zero-order valence-corrected chi connectivity index (χ0v) is 12.7. The lowest BCUT2D eigenvalue weighted by atomic mass is 9.99. The van der Waals surface area contributed by atoms with Gasteiger partial charge in [-0.05, 0) is 26.7 Å². The molecule has 1 rings (SSSR count). The average Bonchev–Trinajstić information content (AvgIpc) is 2.38. The van der Waals surface area contributed by atoms with E-state index in [9.17, 15) is 9.59 Å². The van der Waals surface area contributed by atoms with Crippen molar-refractivity contribution in [2.45, 2.75) is 39.2 Å². The first-order chi connectivity index (χ1) is 9.45. The summed E-state index contributed by atoms with van der Waals surface area (Å²) in [5, 5.41) is 8.78. The molecule has 6 nitrogen and oxygen atoms in total. The number of carbonyl (C=O) groups is 2. The summed E-state index contributed by atoms with van der Waals surface area (Å²) in [4.78, 5) is 26.7. The second kappa shape index (κ2) is 8.09. The summed E-state index contributed by atoms with van der Waals surface area (Å²) in [6.45, 7) is 6.20. The molecule has 1 unspecified atom stereocenters. The van der Waals surface area contributed by atoms with Gasteiger partial charge in [-0.3, -0.25) is 4.79 Å². The number of urea groups is 1. The van der Waals surface area contributed by atoms with Gasteiger partial charge in [0.25, 0.3) is 0 Å². The minimum Gasteiger partial charge on any atom is -0.481 e. The summed E-state index contributed by atoms with van der Waals surface area (Å²) in [6.07, 6.45) is 2.04. The molecule has 1 aliphatic heterocycles. The highest BCUT2D eigenvalue weighted by Crippen LogP contribution is 2.19. The summed E-state index contributed by atoms with van der Waals surface area (Å²) >= 11 is 0. The Bertz CT molecular complexity index is 331. The van der Waals surface area contributed by atoms with Crippen LogP contribution in [0.4, 0.5) is 4.79 Å². The summed E-state index contributed by atoms with van der Waals surface area (Å²) in [5.74, 6) is -0.495. The van der Waals surface area contributed by atoms with Crippen molar-refractivity contribution in [3.63, 3.8) is 0 Å². The minimum atomic E-state index is -0.876. The molecular formula is C14H26N2O4. The SMILES string of the molecule is COCC1CCCN(C(=O)N(CCC(=O)O)C(C)C)C1.